The second-order valence-corrected chi connectivity index (χ2v) is 6.38. The molecule has 1 amide bonds. The number of fused-ring (bicyclic) bond motifs is 2. The van der Waals surface area contributed by atoms with E-state index in [0.29, 0.717) is 22.4 Å². The van der Waals surface area contributed by atoms with Gasteiger partial charge in [-0.05, 0) is 24.6 Å². The number of carbonyl (C=O) groups excluding carboxylic acids is 1. The number of amides is 1. The summed E-state index contributed by atoms with van der Waals surface area (Å²) in [5, 5.41) is 10.5. The molecule has 2 N–H and O–H groups in total. The average Bonchev–Trinajstić information content (AvgIpc) is 3.32. The van der Waals surface area contributed by atoms with E-state index in [1.54, 1.807) is 24.8 Å². The Balaban J connectivity index is 1.44. The van der Waals surface area contributed by atoms with Gasteiger partial charge in [0, 0.05) is 25.0 Å². The van der Waals surface area contributed by atoms with Crippen LogP contribution in [0.3, 0.4) is 0 Å². The number of hydrogen-bond acceptors (Lipinski definition) is 5. The van der Waals surface area contributed by atoms with Crippen molar-refractivity contribution < 1.29 is 4.79 Å². The smallest absolute Gasteiger partial charge is 0.257 e. The van der Waals surface area contributed by atoms with Crippen molar-refractivity contribution in [2.24, 2.45) is 0 Å². The maximum absolute atomic E-state index is 12.7. The minimum absolute atomic E-state index is 0.234. The molecule has 1 aliphatic rings. The molecule has 0 spiro atoms. The van der Waals surface area contributed by atoms with Gasteiger partial charge >= 0.3 is 0 Å². The van der Waals surface area contributed by atoms with Gasteiger partial charge < -0.3 is 10.6 Å². The van der Waals surface area contributed by atoms with E-state index in [4.69, 9.17) is 0 Å². The molecule has 0 radical (unpaired) electrons. The van der Waals surface area contributed by atoms with Crippen LogP contribution in [0.2, 0.25) is 0 Å². The van der Waals surface area contributed by atoms with Crippen LogP contribution in [-0.4, -0.2) is 36.8 Å². The second kappa shape index (κ2) is 6.24. The molecular formula is C19H17N7O. The maximum Gasteiger partial charge on any atom is 0.257 e. The fraction of sp³-hybridized carbons (Fsp3) is 0.158. The van der Waals surface area contributed by atoms with E-state index in [1.165, 1.54) is 0 Å². The first kappa shape index (κ1) is 15.6. The average molecular weight is 359 g/mol. The van der Waals surface area contributed by atoms with E-state index in [1.807, 2.05) is 39.6 Å². The number of rotatable bonds is 3. The third-order valence-electron chi connectivity index (χ3n) is 4.61. The predicted molar refractivity (Wildman–Crippen MR) is 102 cm³/mol. The topological polar surface area (TPSA) is 89.7 Å². The molecule has 0 atom stereocenters. The largest absolute Gasteiger partial charge is 0.368 e. The number of para-hydroxylation sites is 1. The molecule has 27 heavy (non-hydrogen) atoms. The molecule has 8 nitrogen and oxygen atoms in total. The van der Waals surface area contributed by atoms with Crippen molar-refractivity contribution in [2.75, 3.05) is 17.2 Å². The number of imidazole rings is 1. The van der Waals surface area contributed by atoms with Crippen LogP contribution in [0.4, 0.5) is 11.5 Å². The Morgan fingerprint density at radius 1 is 1.15 bits per heavy atom. The normalized spacial score (nSPS) is 13.2. The van der Waals surface area contributed by atoms with Crippen LogP contribution < -0.4 is 10.6 Å². The van der Waals surface area contributed by atoms with Crippen LogP contribution in [0.5, 0.6) is 0 Å². The third kappa shape index (κ3) is 2.71. The fourth-order valence-corrected chi connectivity index (χ4v) is 3.27. The summed E-state index contributed by atoms with van der Waals surface area (Å²) >= 11 is 0. The van der Waals surface area contributed by atoms with E-state index in [-0.39, 0.29) is 5.91 Å². The van der Waals surface area contributed by atoms with Gasteiger partial charge in [0.05, 0.1) is 11.8 Å². The molecule has 4 heterocycles. The SMILES string of the molecule is O=C(Nc1cnn2c1NCCC2)c1cnc2c(c1)ncn2-c1ccccc1. The Labute approximate surface area is 154 Å². The van der Waals surface area contributed by atoms with Crippen molar-refractivity contribution in [3.8, 4) is 5.69 Å². The van der Waals surface area contributed by atoms with Crippen LogP contribution in [0, 0.1) is 0 Å². The van der Waals surface area contributed by atoms with Gasteiger partial charge in [0.15, 0.2) is 5.65 Å². The summed E-state index contributed by atoms with van der Waals surface area (Å²) in [6, 6.07) is 11.6. The maximum atomic E-state index is 12.7. The number of aryl methyl sites for hydroxylation is 1. The monoisotopic (exact) mass is 359 g/mol. The lowest BCUT2D eigenvalue weighted by Crippen LogP contribution is -2.19. The summed E-state index contributed by atoms with van der Waals surface area (Å²) in [5.74, 6) is 0.610. The van der Waals surface area contributed by atoms with Gasteiger partial charge in [0.25, 0.3) is 5.91 Å². The van der Waals surface area contributed by atoms with Crippen molar-refractivity contribution in [1.29, 1.82) is 0 Å². The van der Waals surface area contributed by atoms with Gasteiger partial charge in [-0.3, -0.25) is 9.36 Å². The van der Waals surface area contributed by atoms with Crippen LogP contribution in [-0.2, 0) is 6.54 Å². The standard InChI is InChI=1S/C19H17N7O/c27-19(24-16-11-23-26-8-4-7-20-18(16)26)13-9-15-17(21-10-13)25(12-22-15)14-5-2-1-3-6-14/h1-3,5-6,9-12,20H,4,7-8H2,(H,24,27). The van der Waals surface area contributed by atoms with Crippen molar-refractivity contribution in [3.63, 3.8) is 0 Å². The summed E-state index contributed by atoms with van der Waals surface area (Å²) in [5.41, 5.74) is 3.48. The molecule has 0 aliphatic carbocycles. The number of hydrogen-bond donors (Lipinski definition) is 2. The molecule has 0 saturated heterocycles. The number of anilines is 2. The number of nitrogens with zero attached hydrogens (tertiary/aromatic N) is 5. The highest BCUT2D eigenvalue weighted by atomic mass is 16.1. The Hall–Kier alpha value is -3.68. The molecule has 1 aliphatic heterocycles. The minimum atomic E-state index is -0.234. The van der Waals surface area contributed by atoms with Crippen molar-refractivity contribution >= 4 is 28.6 Å². The van der Waals surface area contributed by atoms with Gasteiger partial charge in [-0.1, -0.05) is 18.2 Å². The Morgan fingerprint density at radius 2 is 2.04 bits per heavy atom. The van der Waals surface area contributed by atoms with E-state index in [2.05, 4.69) is 25.7 Å². The highest BCUT2D eigenvalue weighted by Crippen LogP contribution is 2.25. The first-order chi connectivity index (χ1) is 13.3. The number of pyridine rings is 1. The van der Waals surface area contributed by atoms with Crippen molar-refractivity contribution in [1.82, 2.24) is 24.3 Å². The third-order valence-corrected chi connectivity index (χ3v) is 4.61. The van der Waals surface area contributed by atoms with Crippen LogP contribution in [0.1, 0.15) is 16.8 Å². The number of aromatic nitrogens is 5. The molecule has 1 aromatic carbocycles. The number of nitrogens with one attached hydrogen (secondary N) is 2. The first-order valence-corrected chi connectivity index (χ1v) is 8.79. The predicted octanol–water partition coefficient (Wildman–Crippen LogP) is 2.68. The molecule has 8 heteroatoms. The molecule has 0 saturated carbocycles. The lowest BCUT2D eigenvalue weighted by molar-refractivity contribution is 0.102. The van der Waals surface area contributed by atoms with Gasteiger partial charge in [-0.15, -0.1) is 0 Å². The van der Waals surface area contributed by atoms with Crippen molar-refractivity contribution in [2.45, 2.75) is 13.0 Å². The summed E-state index contributed by atoms with van der Waals surface area (Å²) in [4.78, 5) is 21.5. The van der Waals surface area contributed by atoms with Gasteiger partial charge in [-0.25, -0.2) is 14.6 Å². The first-order valence-electron chi connectivity index (χ1n) is 8.79. The molecule has 0 unspecified atom stereocenters. The van der Waals surface area contributed by atoms with Crippen LogP contribution in [0.25, 0.3) is 16.9 Å². The van der Waals surface area contributed by atoms with E-state index >= 15 is 0 Å². The highest BCUT2D eigenvalue weighted by molar-refractivity contribution is 6.06. The van der Waals surface area contributed by atoms with Gasteiger partial charge in [0.1, 0.15) is 23.3 Å². The Kier molecular flexibility index (Phi) is 3.60. The molecule has 3 aromatic heterocycles. The number of carbonyl (C=O) groups is 1. The molecule has 4 aromatic rings. The zero-order valence-corrected chi connectivity index (χ0v) is 14.5. The summed E-state index contributed by atoms with van der Waals surface area (Å²) < 4.78 is 3.76. The molecule has 0 fully saturated rings. The quantitative estimate of drug-likeness (QED) is 0.587. The molecule has 134 valence electrons. The fourth-order valence-electron chi connectivity index (χ4n) is 3.27. The number of benzene rings is 1. The van der Waals surface area contributed by atoms with Crippen LogP contribution >= 0.6 is 0 Å². The Bertz CT molecular complexity index is 1130. The zero-order chi connectivity index (χ0) is 18.2. The minimum Gasteiger partial charge on any atom is -0.368 e. The summed E-state index contributed by atoms with van der Waals surface area (Å²) in [6.07, 6.45) is 5.98. The lowest BCUT2D eigenvalue weighted by Gasteiger charge is -2.17. The molecule has 0 bridgehead atoms. The van der Waals surface area contributed by atoms with E-state index in [9.17, 15) is 4.79 Å². The summed E-state index contributed by atoms with van der Waals surface area (Å²) in [7, 11) is 0. The van der Waals surface area contributed by atoms with Crippen molar-refractivity contribution in [3.05, 3.63) is 60.7 Å². The summed E-state index contributed by atoms with van der Waals surface area (Å²) in [6.45, 7) is 1.72. The van der Waals surface area contributed by atoms with Gasteiger partial charge in [-0.2, -0.15) is 5.10 Å². The lowest BCUT2D eigenvalue weighted by atomic mass is 10.2. The zero-order valence-electron chi connectivity index (χ0n) is 14.5. The molecule has 5 rings (SSSR count). The van der Waals surface area contributed by atoms with E-state index < -0.39 is 0 Å². The van der Waals surface area contributed by atoms with Gasteiger partial charge in [0.2, 0.25) is 0 Å². The second-order valence-electron chi connectivity index (χ2n) is 6.38. The van der Waals surface area contributed by atoms with Crippen LogP contribution in [0.15, 0.2) is 55.1 Å². The van der Waals surface area contributed by atoms with E-state index in [0.717, 1.165) is 31.0 Å². The molecular weight excluding hydrogens is 342 g/mol. The Morgan fingerprint density at radius 3 is 2.93 bits per heavy atom. The highest BCUT2D eigenvalue weighted by Gasteiger charge is 2.18.